The molecule has 13 heavy (non-hydrogen) atoms. The summed E-state index contributed by atoms with van der Waals surface area (Å²) in [6.07, 6.45) is 5.86. The molecule has 76 valence electrons. The van der Waals surface area contributed by atoms with E-state index < -0.39 is 0 Å². The Kier molecular flexibility index (Phi) is 4.22. The molecule has 0 aromatic heterocycles. The summed E-state index contributed by atoms with van der Waals surface area (Å²) in [7, 11) is 3.55. The van der Waals surface area contributed by atoms with Crippen LogP contribution >= 0.6 is 0 Å². The zero-order chi connectivity index (χ0) is 9.68. The molecule has 0 aliphatic heterocycles. The predicted octanol–water partition coefficient (Wildman–Crippen LogP) is 1.42. The fraction of sp³-hybridized carbons (Fsp3) is 0.900. The molecule has 0 N–H and O–H groups in total. The van der Waals surface area contributed by atoms with Gasteiger partial charge in [-0.05, 0) is 12.8 Å². The zero-order valence-corrected chi connectivity index (χ0v) is 8.58. The first-order valence-electron chi connectivity index (χ1n) is 5.02. The summed E-state index contributed by atoms with van der Waals surface area (Å²) in [6.45, 7) is 0.585. The van der Waals surface area contributed by atoms with Crippen LogP contribution in [0.3, 0.4) is 0 Å². The summed E-state index contributed by atoms with van der Waals surface area (Å²) in [5.41, 5.74) is 0. The normalized spacial score (nSPS) is 17.7. The van der Waals surface area contributed by atoms with Gasteiger partial charge in [0.05, 0.1) is 19.1 Å². The van der Waals surface area contributed by atoms with Crippen molar-refractivity contribution >= 4 is 5.91 Å². The standard InChI is InChI=1S/C10H19NO2/c1-11(2)10(12)7-8-13-9-5-3-4-6-9/h9H,3-8H2,1-2H3. The molecule has 1 fully saturated rings. The van der Waals surface area contributed by atoms with Crippen molar-refractivity contribution in [3.63, 3.8) is 0 Å². The second-order valence-electron chi connectivity index (χ2n) is 3.82. The second kappa shape index (κ2) is 5.22. The number of rotatable bonds is 4. The number of carbonyl (C=O) groups is 1. The van der Waals surface area contributed by atoms with Crippen molar-refractivity contribution in [2.75, 3.05) is 20.7 Å². The highest BCUT2D eigenvalue weighted by molar-refractivity contribution is 5.75. The first-order chi connectivity index (χ1) is 6.20. The average molecular weight is 185 g/mol. The van der Waals surface area contributed by atoms with Gasteiger partial charge in [0, 0.05) is 14.1 Å². The summed E-state index contributed by atoms with van der Waals surface area (Å²) in [5, 5.41) is 0. The monoisotopic (exact) mass is 185 g/mol. The summed E-state index contributed by atoms with van der Waals surface area (Å²) in [6, 6.07) is 0. The maximum atomic E-state index is 11.2. The third kappa shape index (κ3) is 3.77. The quantitative estimate of drug-likeness (QED) is 0.663. The Morgan fingerprint density at radius 2 is 2.00 bits per heavy atom. The molecule has 1 saturated carbocycles. The molecular formula is C10H19NO2. The first kappa shape index (κ1) is 10.5. The van der Waals surface area contributed by atoms with Crippen molar-refractivity contribution in [2.24, 2.45) is 0 Å². The largest absolute Gasteiger partial charge is 0.378 e. The van der Waals surface area contributed by atoms with Crippen molar-refractivity contribution in [2.45, 2.75) is 38.2 Å². The number of nitrogens with zero attached hydrogens (tertiary/aromatic N) is 1. The minimum Gasteiger partial charge on any atom is -0.378 e. The van der Waals surface area contributed by atoms with Crippen molar-refractivity contribution in [3.05, 3.63) is 0 Å². The Morgan fingerprint density at radius 1 is 1.38 bits per heavy atom. The highest BCUT2D eigenvalue weighted by Gasteiger charge is 2.15. The average Bonchev–Trinajstić information content (AvgIpc) is 2.56. The van der Waals surface area contributed by atoms with Crippen LogP contribution in [-0.4, -0.2) is 37.6 Å². The van der Waals surface area contributed by atoms with Gasteiger partial charge in [0.25, 0.3) is 0 Å². The number of amides is 1. The van der Waals surface area contributed by atoms with Crippen LogP contribution in [0.4, 0.5) is 0 Å². The van der Waals surface area contributed by atoms with Gasteiger partial charge in [-0.1, -0.05) is 12.8 Å². The molecular weight excluding hydrogens is 166 g/mol. The highest BCUT2D eigenvalue weighted by atomic mass is 16.5. The van der Waals surface area contributed by atoms with E-state index in [1.54, 1.807) is 19.0 Å². The minimum absolute atomic E-state index is 0.151. The van der Waals surface area contributed by atoms with Crippen molar-refractivity contribution in [1.29, 1.82) is 0 Å². The van der Waals surface area contributed by atoms with Gasteiger partial charge in [0.1, 0.15) is 0 Å². The topological polar surface area (TPSA) is 29.5 Å². The fourth-order valence-corrected chi connectivity index (χ4v) is 1.59. The summed E-state index contributed by atoms with van der Waals surface area (Å²) < 4.78 is 5.58. The molecule has 0 heterocycles. The van der Waals surface area contributed by atoms with E-state index in [0.717, 1.165) is 0 Å². The molecule has 1 aliphatic rings. The van der Waals surface area contributed by atoms with Gasteiger partial charge in [-0.25, -0.2) is 0 Å². The smallest absolute Gasteiger partial charge is 0.224 e. The van der Waals surface area contributed by atoms with Crippen molar-refractivity contribution < 1.29 is 9.53 Å². The van der Waals surface area contributed by atoms with Gasteiger partial charge in [0.2, 0.25) is 5.91 Å². The summed E-state index contributed by atoms with van der Waals surface area (Å²) >= 11 is 0. The van der Waals surface area contributed by atoms with Gasteiger partial charge in [0.15, 0.2) is 0 Å². The molecule has 1 aliphatic carbocycles. The van der Waals surface area contributed by atoms with Crippen LogP contribution in [0.1, 0.15) is 32.1 Å². The Morgan fingerprint density at radius 3 is 2.54 bits per heavy atom. The number of ether oxygens (including phenoxy) is 1. The van der Waals surface area contributed by atoms with Gasteiger partial charge in [-0.15, -0.1) is 0 Å². The van der Waals surface area contributed by atoms with Crippen LogP contribution in [0.25, 0.3) is 0 Å². The van der Waals surface area contributed by atoms with Crippen molar-refractivity contribution in [1.82, 2.24) is 4.90 Å². The van der Waals surface area contributed by atoms with Crippen LogP contribution in [0.15, 0.2) is 0 Å². The number of hydrogen-bond acceptors (Lipinski definition) is 2. The summed E-state index contributed by atoms with van der Waals surface area (Å²) in [4.78, 5) is 12.8. The van der Waals surface area contributed by atoms with Gasteiger partial charge >= 0.3 is 0 Å². The summed E-state index contributed by atoms with van der Waals surface area (Å²) in [5.74, 6) is 0.151. The predicted molar refractivity (Wildman–Crippen MR) is 51.5 cm³/mol. The maximum Gasteiger partial charge on any atom is 0.224 e. The lowest BCUT2D eigenvalue weighted by Gasteiger charge is -2.13. The van der Waals surface area contributed by atoms with Crippen LogP contribution < -0.4 is 0 Å². The molecule has 0 aromatic rings. The van der Waals surface area contributed by atoms with E-state index in [4.69, 9.17) is 4.74 Å². The lowest BCUT2D eigenvalue weighted by atomic mass is 10.3. The van der Waals surface area contributed by atoms with Crippen molar-refractivity contribution in [3.8, 4) is 0 Å². The van der Waals surface area contributed by atoms with Crippen LogP contribution in [-0.2, 0) is 9.53 Å². The molecule has 0 unspecified atom stereocenters. The third-order valence-corrected chi connectivity index (χ3v) is 2.47. The molecule has 0 atom stereocenters. The molecule has 0 saturated heterocycles. The van der Waals surface area contributed by atoms with E-state index in [0.29, 0.717) is 19.1 Å². The number of carbonyl (C=O) groups excluding carboxylic acids is 1. The minimum atomic E-state index is 0.151. The molecule has 1 amide bonds. The highest BCUT2D eigenvalue weighted by Crippen LogP contribution is 2.20. The van der Waals surface area contributed by atoms with E-state index in [1.807, 2.05) is 0 Å². The lowest BCUT2D eigenvalue weighted by Crippen LogP contribution is -2.23. The first-order valence-corrected chi connectivity index (χ1v) is 5.02. The van der Waals surface area contributed by atoms with E-state index in [-0.39, 0.29) is 5.91 Å². The third-order valence-electron chi connectivity index (χ3n) is 2.47. The fourth-order valence-electron chi connectivity index (χ4n) is 1.59. The zero-order valence-electron chi connectivity index (χ0n) is 8.58. The molecule has 3 nitrogen and oxygen atoms in total. The van der Waals surface area contributed by atoms with Crippen LogP contribution in [0.2, 0.25) is 0 Å². The van der Waals surface area contributed by atoms with Gasteiger partial charge in [-0.2, -0.15) is 0 Å². The second-order valence-corrected chi connectivity index (χ2v) is 3.82. The molecule has 0 radical (unpaired) electrons. The lowest BCUT2D eigenvalue weighted by molar-refractivity contribution is -0.130. The molecule has 0 spiro atoms. The molecule has 0 aromatic carbocycles. The molecule has 1 rings (SSSR count). The number of hydrogen-bond donors (Lipinski definition) is 0. The van der Waals surface area contributed by atoms with E-state index in [9.17, 15) is 4.79 Å². The van der Waals surface area contributed by atoms with E-state index in [2.05, 4.69) is 0 Å². The van der Waals surface area contributed by atoms with Crippen LogP contribution in [0.5, 0.6) is 0 Å². The maximum absolute atomic E-state index is 11.2. The van der Waals surface area contributed by atoms with E-state index >= 15 is 0 Å². The Bertz CT molecular complexity index is 162. The molecule has 3 heteroatoms. The van der Waals surface area contributed by atoms with Crippen LogP contribution in [0, 0.1) is 0 Å². The van der Waals surface area contributed by atoms with E-state index in [1.165, 1.54) is 25.7 Å². The van der Waals surface area contributed by atoms with Gasteiger partial charge < -0.3 is 9.64 Å². The Balaban J connectivity index is 2.03. The Hall–Kier alpha value is -0.570. The van der Waals surface area contributed by atoms with Gasteiger partial charge in [-0.3, -0.25) is 4.79 Å². The Labute approximate surface area is 80.1 Å². The molecule has 0 bridgehead atoms. The SMILES string of the molecule is CN(C)C(=O)CCOC1CCCC1.